The number of rotatable bonds is 4. The van der Waals surface area contributed by atoms with Crippen LogP contribution in [0, 0.1) is 0 Å². The fourth-order valence-corrected chi connectivity index (χ4v) is 1.86. The van der Waals surface area contributed by atoms with Gasteiger partial charge in [0.1, 0.15) is 6.04 Å². The van der Waals surface area contributed by atoms with Crippen LogP contribution in [0.4, 0.5) is 11.4 Å². The molecule has 0 bridgehead atoms. The summed E-state index contributed by atoms with van der Waals surface area (Å²) in [4.78, 5) is 23.4. The third-order valence-electron chi connectivity index (χ3n) is 2.79. The zero-order chi connectivity index (χ0) is 13.0. The average molecular weight is 247 g/mol. The zero-order valence-electron chi connectivity index (χ0n) is 10.3. The third-order valence-corrected chi connectivity index (χ3v) is 2.79. The first-order chi connectivity index (χ1) is 8.70. The lowest BCUT2D eigenvalue weighted by Gasteiger charge is -2.26. The van der Waals surface area contributed by atoms with Crippen molar-refractivity contribution >= 4 is 23.2 Å². The summed E-state index contributed by atoms with van der Waals surface area (Å²) in [5.41, 5.74) is 1.61. The van der Waals surface area contributed by atoms with E-state index < -0.39 is 6.04 Å². The van der Waals surface area contributed by atoms with Crippen LogP contribution in [0.25, 0.3) is 0 Å². The van der Waals surface area contributed by atoms with E-state index in [4.69, 9.17) is 0 Å². The summed E-state index contributed by atoms with van der Waals surface area (Å²) in [6, 6.07) is 6.95. The van der Waals surface area contributed by atoms with Crippen LogP contribution in [0.3, 0.4) is 0 Å². The quantitative estimate of drug-likeness (QED) is 0.752. The van der Waals surface area contributed by atoms with Crippen molar-refractivity contribution < 1.29 is 9.59 Å². The zero-order valence-corrected chi connectivity index (χ0v) is 10.3. The molecule has 5 nitrogen and oxygen atoms in total. The first-order valence-electron chi connectivity index (χ1n) is 6.14. The molecule has 0 aliphatic carbocycles. The number of para-hydroxylation sites is 2. The van der Waals surface area contributed by atoms with Gasteiger partial charge in [-0.3, -0.25) is 9.59 Å². The molecule has 1 aliphatic heterocycles. The highest BCUT2D eigenvalue weighted by Crippen LogP contribution is 2.26. The standard InChI is InChI=1S/C13H17N3O2/c1-2-7-14-12(17)8-11-13(18)16-10-6-4-3-5-9(10)15-11/h3-6,11,15H,2,7-8H2,1H3,(H,14,17)(H,16,18)/t11-/m1/s1. The van der Waals surface area contributed by atoms with Crippen molar-refractivity contribution in [1.29, 1.82) is 0 Å². The Labute approximate surface area is 106 Å². The molecular formula is C13H17N3O2. The van der Waals surface area contributed by atoms with Gasteiger partial charge in [-0.25, -0.2) is 0 Å². The van der Waals surface area contributed by atoms with Gasteiger partial charge in [0, 0.05) is 6.54 Å². The molecule has 1 aliphatic rings. The second-order valence-corrected chi connectivity index (χ2v) is 4.29. The second-order valence-electron chi connectivity index (χ2n) is 4.29. The van der Waals surface area contributed by atoms with Gasteiger partial charge in [0.25, 0.3) is 0 Å². The van der Waals surface area contributed by atoms with Gasteiger partial charge in [-0.2, -0.15) is 0 Å². The molecule has 2 rings (SSSR count). The highest BCUT2D eigenvalue weighted by atomic mass is 16.2. The number of fused-ring (bicyclic) bond motifs is 1. The van der Waals surface area contributed by atoms with E-state index in [2.05, 4.69) is 16.0 Å². The van der Waals surface area contributed by atoms with E-state index in [1.54, 1.807) is 0 Å². The van der Waals surface area contributed by atoms with E-state index in [0.717, 1.165) is 17.8 Å². The molecule has 0 fully saturated rings. The van der Waals surface area contributed by atoms with Crippen molar-refractivity contribution in [3.63, 3.8) is 0 Å². The lowest BCUT2D eigenvalue weighted by molar-refractivity contribution is -0.125. The van der Waals surface area contributed by atoms with Crippen molar-refractivity contribution in [1.82, 2.24) is 5.32 Å². The van der Waals surface area contributed by atoms with E-state index in [-0.39, 0.29) is 18.2 Å². The van der Waals surface area contributed by atoms with Crippen molar-refractivity contribution in [2.75, 3.05) is 17.2 Å². The number of carbonyl (C=O) groups is 2. The maximum atomic E-state index is 11.8. The predicted molar refractivity (Wildman–Crippen MR) is 70.4 cm³/mol. The summed E-state index contributed by atoms with van der Waals surface area (Å²) < 4.78 is 0. The number of hydrogen-bond acceptors (Lipinski definition) is 3. The summed E-state index contributed by atoms with van der Waals surface area (Å²) in [7, 11) is 0. The number of benzene rings is 1. The van der Waals surface area contributed by atoms with Crippen molar-refractivity contribution in [2.45, 2.75) is 25.8 Å². The van der Waals surface area contributed by atoms with Gasteiger partial charge in [-0.05, 0) is 18.6 Å². The number of anilines is 2. The Bertz CT molecular complexity index is 459. The van der Waals surface area contributed by atoms with Gasteiger partial charge < -0.3 is 16.0 Å². The molecule has 0 saturated heterocycles. The number of nitrogens with one attached hydrogen (secondary N) is 3. The minimum Gasteiger partial charge on any atom is -0.372 e. The summed E-state index contributed by atoms with van der Waals surface area (Å²) in [5, 5.41) is 8.64. The molecule has 3 N–H and O–H groups in total. The minimum absolute atomic E-state index is 0.108. The molecule has 2 amide bonds. The van der Waals surface area contributed by atoms with Crippen LogP contribution in [0.1, 0.15) is 19.8 Å². The SMILES string of the molecule is CCCNC(=O)C[C@H]1Nc2ccccc2NC1=O. The van der Waals surface area contributed by atoms with E-state index in [1.165, 1.54) is 0 Å². The monoisotopic (exact) mass is 247 g/mol. The van der Waals surface area contributed by atoms with Crippen molar-refractivity contribution in [3.05, 3.63) is 24.3 Å². The normalized spacial score (nSPS) is 17.4. The van der Waals surface area contributed by atoms with E-state index in [9.17, 15) is 9.59 Å². The fraction of sp³-hybridized carbons (Fsp3) is 0.385. The van der Waals surface area contributed by atoms with Gasteiger partial charge in [-0.15, -0.1) is 0 Å². The molecule has 18 heavy (non-hydrogen) atoms. The Kier molecular flexibility index (Phi) is 3.82. The Hall–Kier alpha value is -2.04. The Morgan fingerprint density at radius 2 is 2.06 bits per heavy atom. The predicted octanol–water partition coefficient (Wildman–Crippen LogP) is 1.34. The molecule has 1 atom stereocenters. The summed E-state index contributed by atoms with van der Waals surface area (Å²) >= 11 is 0. The fourth-order valence-electron chi connectivity index (χ4n) is 1.86. The number of amides is 2. The minimum atomic E-state index is -0.503. The van der Waals surface area contributed by atoms with E-state index >= 15 is 0 Å². The number of carbonyl (C=O) groups excluding carboxylic acids is 2. The maximum absolute atomic E-state index is 11.8. The molecule has 0 saturated carbocycles. The third kappa shape index (κ3) is 2.80. The van der Waals surface area contributed by atoms with Crippen LogP contribution < -0.4 is 16.0 Å². The first-order valence-corrected chi connectivity index (χ1v) is 6.14. The highest BCUT2D eigenvalue weighted by Gasteiger charge is 2.26. The molecule has 1 aromatic carbocycles. The van der Waals surface area contributed by atoms with Crippen LogP contribution >= 0.6 is 0 Å². The highest BCUT2D eigenvalue weighted by molar-refractivity contribution is 6.04. The first kappa shape index (κ1) is 12.4. The molecule has 1 aromatic rings. The number of hydrogen-bond donors (Lipinski definition) is 3. The van der Waals surface area contributed by atoms with Gasteiger partial charge in [-0.1, -0.05) is 19.1 Å². The van der Waals surface area contributed by atoms with Gasteiger partial charge in [0.05, 0.1) is 17.8 Å². The van der Waals surface area contributed by atoms with Crippen molar-refractivity contribution in [2.24, 2.45) is 0 Å². The van der Waals surface area contributed by atoms with Crippen LogP contribution in [-0.2, 0) is 9.59 Å². The smallest absolute Gasteiger partial charge is 0.247 e. The molecule has 0 radical (unpaired) electrons. The summed E-state index contributed by atoms with van der Waals surface area (Å²) in [6.07, 6.45) is 1.04. The molecule has 1 heterocycles. The van der Waals surface area contributed by atoms with Gasteiger partial charge in [0.2, 0.25) is 11.8 Å². The van der Waals surface area contributed by atoms with Crippen LogP contribution in [0.15, 0.2) is 24.3 Å². The van der Waals surface area contributed by atoms with Crippen LogP contribution in [-0.4, -0.2) is 24.4 Å². The van der Waals surface area contributed by atoms with Gasteiger partial charge in [0.15, 0.2) is 0 Å². The average Bonchev–Trinajstić information content (AvgIpc) is 2.37. The lowest BCUT2D eigenvalue weighted by atomic mass is 10.1. The maximum Gasteiger partial charge on any atom is 0.247 e. The molecular weight excluding hydrogens is 230 g/mol. The van der Waals surface area contributed by atoms with Gasteiger partial charge >= 0.3 is 0 Å². The molecule has 0 spiro atoms. The van der Waals surface area contributed by atoms with E-state index in [0.29, 0.717) is 6.54 Å². The lowest BCUT2D eigenvalue weighted by Crippen LogP contribution is -2.42. The van der Waals surface area contributed by atoms with Crippen LogP contribution in [0.2, 0.25) is 0 Å². The Balaban J connectivity index is 1.99. The molecule has 0 unspecified atom stereocenters. The Morgan fingerprint density at radius 1 is 1.33 bits per heavy atom. The van der Waals surface area contributed by atoms with E-state index in [1.807, 2.05) is 31.2 Å². The topological polar surface area (TPSA) is 70.2 Å². The van der Waals surface area contributed by atoms with Crippen molar-refractivity contribution in [3.8, 4) is 0 Å². The second kappa shape index (κ2) is 5.53. The summed E-state index contributed by atoms with van der Waals surface area (Å²) in [5.74, 6) is -0.274. The molecule has 96 valence electrons. The largest absolute Gasteiger partial charge is 0.372 e. The summed E-state index contributed by atoms with van der Waals surface area (Å²) in [6.45, 7) is 2.63. The molecule has 5 heteroatoms. The molecule has 0 aromatic heterocycles. The van der Waals surface area contributed by atoms with Crippen LogP contribution in [0.5, 0.6) is 0 Å². The Morgan fingerprint density at radius 3 is 2.78 bits per heavy atom.